The third-order valence-electron chi connectivity index (χ3n) is 3.75. The van der Waals surface area contributed by atoms with Gasteiger partial charge in [0, 0.05) is 37.1 Å². The van der Waals surface area contributed by atoms with Crippen LogP contribution in [0.1, 0.15) is 45.6 Å². The van der Waals surface area contributed by atoms with Gasteiger partial charge in [0.15, 0.2) is 0 Å². The number of aromatic nitrogens is 1. The first kappa shape index (κ1) is 14.5. The molecule has 2 heterocycles. The first-order chi connectivity index (χ1) is 9.04. The topological polar surface area (TPSA) is 28.2 Å². The van der Waals surface area contributed by atoms with Crippen molar-refractivity contribution in [3.63, 3.8) is 0 Å². The molecule has 1 fully saturated rings. The Kier molecular flexibility index (Phi) is 4.94. The zero-order valence-corrected chi connectivity index (χ0v) is 12.5. The van der Waals surface area contributed by atoms with Crippen LogP contribution in [0.5, 0.6) is 0 Å². The van der Waals surface area contributed by atoms with Crippen molar-refractivity contribution in [1.82, 2.24) is 15.2 Å². The molecule has 19 heavy (non-hydrogen) atoms. The van der Waals surface area contributed by atoms with Crippen molar-refractivity contribution in [2.75, 3.05) is 13.1 Å². The Labute approximate surface area is 117 Å². The van der Waals surface area contributed by atoms with Crippen LogP contribution in [-0.2, 0) is 6.54 Å². The molecule has 0 amide bonds. The molecule has 106 valence electrons. The molecule has 3 heteroatoms. The number of pyridine rings is 1. The minimum atomic E-state index is 0.208. The summed E-state index contributed by atoms with van der Waals surface area (Å²) in [5.41, 5.74) is 1.58. The smallest absolute Gasteiger partial charge is 0.0271 e. The number of piperidine rings is 1. The highest BCUT2D eigenvalue weighted by Gasteiger charge is 2.23. The van der Waals surface area contributed by atoms with Gasteiger partial charge in [0.05, 0.1) is 0 Å². The molecular formula is C16H27N3. The minimum absolute atomic E-state index is 0.208. The molecule has 1 saturated heterocycles. The maximum atomic E-state index is 4.10. The van der Waals surface area contributed by atoms with Crippen molar-refractivity contribution in [2.24, 2.45) is 0 Å². The molecule has 1 aliphatic rings. The first-order valence-corrected chi connectivity index (χ1v) is 7.42. The second-order valence-electron chi connectivity index (χ2n) is 6.61. The molecule has 1 aromatic rings. The summed E-state index contributed by atoms with van der Waals surface area (Å²) >= 11 is 0. The molecule has 1 unspecified atom stereocenters. The van der Waals surface area contributed by atoms with Crippen LogP contribution < -0.4 is 5.32 Å². The van der Waals surface area contributed by atoms with E-state index in [0.717, 1.165) is 13.1 Å². The fraction of sp³-hybridized carbons (Fsp3) is 0.688. The third kappa shape index (κ3) is 4.92. The van der Waals surface area contributed by atoms with Crippen LogP contribution in [0.15, 0.2) is 24.5 Å². The lowest BCUT2D eigenvalue weighted by Crippen LogP contribution is -2.49. The lowest BCUT2D eigenvalue weighted by atomic mass is 10.00. The van der Waals surface area contributed by atoms with E-state index in [2.05, 4.69) is 48.1 Å². The van der Waals surface area contributed by atoms with Crippen molar-refractivity contribution in [1.29, 1.82) is 0 Å². The first-order valence-electron chi connectivity index (χ1n) is 7.42. The Morgan fingerprint density at radius 1 is 1.26 bits per heavy atom. The standard InChI is InChI=1S/C16H27N3/c1-16(2,3)18-12-15-6-4-5-11-19(15)13-14-7-9-17-10-8-14/h7-10,15,18H,4-6,11-13H2,1-3H3. The number of likely N-dealkylation sites (tertiary alicyclic amines) is 1. The summed E-state index contributed by atoms with van der Waals surface area (Å²) < 4.78 is 0. The summed E-state index contributed by atoms with van der Waals surface area (Å²) in [6.07, 6.45) is 7.79. The summed E-state index contributed by atoms with van der Waals surface area (Å²) in [4.78, 5) is 6.72. The van der Waals surface area contributed by atoms with Gasteiger partial charge in [-0.3, -0.25) is 9.88 Å². The van der Waals surface area contributed by atoms with Crippen molar-refractivity contribution in [2.45, 2.75) is 58.2 Å². The van der Waals surface area contributed by atoms with Gasteiger partial charge in [-0.15, -0.1) is 0 Å². The predicted molar refractivity (Wildman–Crippen MR) is 80.0 cm³/mol. The van der Waals surface area contributed by atoms with Crippen molar-refractivity contribution in [3.8, 4) is 0 Å². The van der Waals surface area contributed by atoms with Gasteiger partial charge < -0.3 is 5.32 Å². The Balaban J connectivity index is 1.92. The van der Waals surface area contributed by atoms with Gasteiger partial charge in [-0.1, -0.05) is 6.42 Å². The largest absolute Gasteiger partial charge is 0.311 e. The van der Waals surface area contributed by atoms with E-state index in [1.54, 1.807) is 0 Å². The fourth-order valence-corrected chi connectivity index (χ4v) is 2.65. The molecule has 1 atom stereocenters. The highest BCUT2D eigenvalue weighted by molar-refractivity contribution is 5.09. The van der Waals surface area contributed by atoms with E-state index in [4.69, 9.17) is 0 Å². The molecule has 1 N–H and O–H groups in total. The Morgan fingerprint density at radius 3 is 2.68 bits per heavy atom. The van der Waals surface area contributed by atoms with Crippen LogP contribution in [0.4, 0.5) is 0 Å². The summed E-state index contributed by atoms with van der Waals surface area (Å²) in [5, 5.41) is 3.65. The lowest BCUT2D eigenvalue weighted by Gasteiger charge is -2.37. The number of hydrogen-bond acceptors (Lipinski definition) is 3. The monoisotopic (exact) mass is 261 g/mol. The van der Waals surface area contributed by atoms with E-state index in [9.17, 15) is 0 Å². The number of rotatable bonds is 4. The van der Waals surface area contributed by atoms with E-state index < -0.39 is 0 Å². The van der Waals surface area contributed by atoms with Crippen molar-refractivity contribution in [3.05, 3.63) is 30.1 Å². The summed E-state index contributed by atoms with van der Waals surface area (Å²) in [5.74, 6) is 0. The summed E-state index contributed by atoms with van der Waals surface area (Å²) in [7, 11) is 0. The third-order valence-corrected chi connectivity index (χ3v) is 3.75. The Morgan fingerprint density at radius 2 is 2.00 bits per heavy atom. The number of nitrogens with zero attached hydrogens (tertiary/aromatic N) is 2. The van der Waals surface area contributed by atoms with Crippen LogP contribution >= 0.6 is 0 Å². The van der Waals surface area contributed by atoms with Crippen molar-refractivity contribution < 1.29 is 0 Å². The van der Waals surface area contributed by atoms with Gasteiger partial charge >= 0.3 is 0 Å². The van der Waals surface area contributed by atoms with Gasteiger partial charge in [-0.05, 0) is 57.9 Å². The molecule has 3 nitrogen and oxygen atoms in total. The zero-order valence-electron chi connectivity index (χ0n) is 12.5. The SMILES string of the molecule is CC(C)(C)NCC1CCCCN1Cc1ccncc1. The van der Waals surface area contributed by atoms with Gasteiger partial charge in [-0.25, -0.2) is 0 Å². The van der Waals surface area contributed by atoms with E-state index in [1.165, 1.54) is 31.4 Å². The molecule has 1 aromatic heterocycles. The average molecular weight is 261 g/mol. The van der Waals surface area contributed by atoms with Gasteiger partial charge in [0.1, 0.15) is 0 Å². The maximum absolute atomic E-state index is 4.10. The fourth-order valence-electron chi connectivity index (χ4n) is 2.65. The molecular weight excluding hydrogens is 234 g/mol. The molecule has 0 aromatic carbocycles. The van der Waals surface area contributed by atoms with Crippen LogP contribution in [0.3, 0.4) is 0 Å². The molecule has 0 bridgehead atoms. The second kappa shape index (κ2) is 6.49. The Hall–Kier alpha value is -0.930. The maximum Gasteiger partial charge on any atom is 0.0271 e. The van der Waals surface area contributed by atoms with E-state index in [-0.39, 0.29) is 5.54 Å². The van der Waals surface area contributed by atoms with Gasteiger partial charge in [-0.2, -0.15) is 0 Å². The predicted octanol–water partition coefficient (Wildman–Crippen LogP) is 2.82. The lowest BCUT2D eigenvalue weighted by molar-refractivity contribution is 0.131. The Bertz CT molecular complexity index is 369. The van der Waals surface area contributed by atoms with Crippen molar-refractivity contribution >= 4 is 0 Å². The van der Waals surface area contributed by atoms with Crippen LogP contribution in [0.2, 0.25) is 0 Å². The normalized spacial score (nSPS) is 21.5. The quantitative estimate of drug-likeness (QED) is 0.903. The summed E-state index contributed by atoms with van der Waals surface area (Å²) in [6, 6.07) is 4.92. The second-order valence-corrected chi connectivity index (χ2v) is 6.61. The highest BCUT2D eigenvalue weighted by atomic mass is 15.2. The average Bonchev–Trinajstić information content (AvgIpc) is 2.38. The molecule has 1 aliphatic heterocycles. The van der Waals surface area contributed by atoms with E-state index >= 15 is 0 Å². The van der Waals surface area contributed by atoms with Gasteiger partial charge in [0.2, 0.25) is 0 Å². The molecule has 0 saturated carbocycles. The van der Waals surface area contributed by atoms with Gasteiger partial charge in [0.25, 0.3) is 0 Å². The molecule has 0 radical (unpaired) electrons. The molecule has 2 rings (SSSR count). The number of nitrogens with one attached hydrogen (secondary N) is 1. The van der Waals surface area contributed by atoms with E-state index in [0.29, 0.717) is 6.04 Å². The number of hydrogen-bond donors (Lipinski definition) is 1. The molecule has 0 spiro atoms. The van der Waals surface area contributed by atoms with E-state index in [1.807, 2.05) is 12.4 Å². The summed E-state index contributed by atoms with van der Waals surface area (Å²) in [6.45, 7) is 10.1. The van der Waals surface area contributed by atoms with Crippen LogP contribution in [0, 0.1) is 0 Å². The minimum Gasteiger partial charge on any atom is -0.311 e. The highest BCUT2D eigenvalue weighted by Crippen LogP contribution is 2.19. The molecule has 0 aliphatic carbocycles. The van der Waals surface area contributed by atoms with Crippen LogP contribution in [-0.4, -0.2) is 34.6 Å². The van der Waals surface area contributed by atoms with Crippen LogP contribution in [0.25, 0.3) is 0 Å². The zero-order chi connectivity index (χ0) is 13.7.